The summed E-state index contributed by atoms with van der Waals surface area (Å²) in [7, 11) is 0. The molecule has 55 heavy (non-hydrogen) atoms. The second kappa shape index (κ2) is 11.5. The average molecular weight is 708 g/mol. The average Bonchev–Trinajstić information content (AvgIpc) is 3.89. The highest BCUT2D eigenvalue weighted by atomic mass is 16.3. The molecule has 2 aliphatic rings. The van der Waals surface area contributed by atoms with Crippen LogP contribution in [-0.4, -0.2) is 4.57 Å². The highest BCUT2D eigenvalue weighted by Crippen LogP contribution is 2.53. The zero-order valence-corrected chi connectivity index (χ0v) is 30.7. The minimum Gasteiger partial charge on any atom is -0.455 e. The van der Waals surface area contributed by atoms with E-state index >= 15 is 0 Å². The van der Waals surface area contributed by atoms with Gasteiger partial charge in [-0.1, -0.05) is 129 Å². The Morgan fingerprint density at radius 3 is 1.95 bits per heavy atom. The van der Waals surface area contributed by atoms with Gasteiger partial charge in [0, 0.05) is 43.9 Å². The zero-order valence-electron chi connectivity index (χ0n) is 30.7. The Labute approximate surface area is 318 Å². The van der Waals surface area contributed by atoms with Crippen LogP contribution in [0.4, 0.5) is 0 Å². The Kier molecular flexibility index (Phi) is 6.43. The van der Waals surface area contributed by atoms with Gasteiger partial charge in [0.25, 0.3) is 0 Å². The fourth-order valence-corrected chi connectivity index (χ4v) is 10.2. The summed E-state index contributed by atoms with van der Waals surface area (Å²) < 4.78 is 16.1. The number of furan rings is 2. The number of benzene rings is 7. The van der Waals surface area contributed by atoms with E-state index in [4.69, 9.17) is 8.83 Å². The zero-order chi connectivity index (χ0) is 36.4. The number of nitrogens with zero attached hydrogens (tertiary/aromatic N) is 1. The predicted molar refractivity (Wildman–Crippen MR) is 228 cm³/mol. The van der Waals surface area contributed by atoms with E-state index in [2.05, 4.69) is 176 Å². The van der Waals surface area contributed by atoms with E-state index in [1.807, 2.05) is 0 Å². The molecule has 3 nitrogen and oxygen atoms in total. The number of fused-ring (bicyclic) bond motifs is 11. The summed E-state index contributed by atoms with van der Waals surface area (Å²) in [5.74, 6) is 1.10. The largest absolute Gasteiger partial charge is 0.455 e. The third-order valence-corrected chi connectivity index (χ3v) is 12.7. The first-order valence-corrected chi connectivity index (χ1v) is 19.5. The molecule has 0 fully saturated rings. The van der Waals surface area contributed by atoms with Crippen LogP contribution in [0.2, 0.25) is 0 Å². The molecule has 0 bridgehead atoms. The van der Waals surface area contributed by atoms with Gasteiger partial charge in [-0.25, -0.2) is 0 Å². The van der Waals surface area contributed by atoms with Crippen LogP contribution in [0, 0.1) is 5.92 Å². The Hall–Kier alpha value is -6.58. The summed E-state index contributed by atoms with van der Waals surface area (Å²) in [6.45, 7) is 4.82. The number of para-hydroxylation sites is 2. The molecule has 10 aromatic rings. The Morgan fingerprint density at radius 2 is 1.20 bits per heavy atom. The van der Waals surface area contributed by atoms with E-state index in [-0.39, 0.29) is 5.92 Å². The molecular formula is C52H37NO2. The predicted octanol–water partition coefficient (Wildman–Crippen LogP) is 14.5. The van der Waals surface area contributed by atoms with E-state index < -0.39 is 0 Å². The van der Waals surface area contributed by atoms with Crippen molar-refractivity contribution < 1.29 is 8.83 Å². The summed E-state index contributed by atoms with van der Waals surface area (Å²) in [4.78, 5) is 0. The maximum Gasteiger partial charge on any atom is 0.147 e. The molecular weight excluding hydrogens is 671 g/mol. The van der Waals surface area contributed by atoms with Gasteiger partial charge in [0.15, 0.2) is 0 Å². The van der Waals surface area contributed by atoms with Crippen LogP contribution in [-0.2, 0) is 0 Å². The Bertz CT molecular complexity index is 3220. The molecule has 0 aliphatic heterocycles. The molecule has 0 spiro atoms. The van der Waals surface area contributed by atoms with Crippen molar-refractivity contribution in [2.75, 3.05) is 0 Å². The van der Waals surface area contributed by atoms with Gasteiger partial charge in [-0.3, -0.25) is 0 Å². The van der Waals surface area contributed by atoms with E-state index in [1.165, 1.54) is 44.1 Å². The van der Waals surface area contributed by atoms with Crippen LogP contribution in [0.1, 0.15) is 48.8 Å². The SMILES string of the molecule is CC1CC=CC2=C1C(c1ccc3oc4c(-c5ccccc5)c5oc6ccc(-n7c8ccccc8c8ccccc87)cc6c5cc4c3c1)C(C)c1ccccc12. The summed E-state index contributed by atoms with van der Waals surface area (Å²) in [6, 6.07) is 52.9. The lowest BCUT2D eigenvalue weighted by molar-refractivity contribution is 0.544. The third kappa shape index (κ3) is 4.32. The first-order chi connectivity index (χ1) is 27.1. The Morgan fingerprint density at radius 1 is 0.564 bits per heavy atom. The quantitative estimate of drug-likeness (QED) is 0.183. The van der Waals surface area contributed by atoms with Gasteiger partial charge in [0.2, 0.25) is 0 Å². The standard InChI is InChI=1S/C52H37NO2/c1-30-13-12-20-39-36-17-7-6-16-35(36)31(2)49(48(30)39)33-23-25-46-40(27-33)42-29-43-41-28-34(53-44-21-10-8-18-37(44)38-19-9-11-22-45(38)53)24-26-47(41)55-52(43)50(51(42)54-46)32-14-4-3-5-15-32/h3-12,14-31,49H,13H2,1-2H3. The molecule has 0 saturated heterocycles. The fourth-order valence-electron chi connectivity index (χ4n) is 10.2. The monoisotopic (exact) mass is 707 g/mol. The summed E-state index contributed by atoms with van der Waals surface area (Å²) in [5.41, 5.74) is 16.2. The lowest BCUT2D eigenvalue weighted by Crippen LogP contribution is -2.23. The van der Waals surface area contributed by atoms with Crippen LogP contribution in [0.3, 0.4) is 0 Å². The second-order valence-corrected chi connectivity index (χ2v) is 15.6. The van der Waals surface area contributed by atoms with Gasteiger partial charge in [-0.05, 0) is 94.6 Å². The highest BCUT2D eigenvalue weighted by molar-refractivity contribution is 6.22. The normalized spacial score (nSPS) is 18.3. The second-order valence-electron chi connectivity index (χ2n) is 15.6. The molecule has 2 aliphatic carbocycles. The number of hydrogen-bond acceptors (Lipinski definition) is 2. The van der Waals surface area contributed by atoms with Crippen molar-refractivity contribution >= 4 is 71.3 Å². The van der Waals surface area contributed by atoms with Crippen molar-refractivity contribution in [3.8, 4) is 16.8 Å². The molecule has 12 rings (SSSR count). The van der Waals surface area contributed by atoms with E-state index in [0.29, 0.717) is 11.8 Å². The molecule has 0 N–H and O–H groups in total. The van der Waals surface area contributed by atoms with Crippen molar-refractivity contribution in [3.05, 3.63) is 180 Å². The highest BCUT2D eigenvalue weighted by Gasteiger charge is 2.36. The van der Waals surface area contributed by atoms with Gasteiger partial charge >= 0.3 is 0 Å². The molecule has 262 valence electrons. The van der Waals surface area contributed by atoms with Crippen molar-refractivity contribution in [2.24, 2.45) is 5.92 Å². The van der Waals surface area contributed by atoms with Crippen molar-refractivity contribution in [3.63, 3.8) is 0 Å². The minimum absolute atomic E-state index is 0.278. The van der Waals surface area contributed by atoms with Crippen molar-refractivity contribution in [1.82, 2.24) is 4.57 Å². The smallest absolute Gasteiger partial charge is 0.147 e. The summed E-state index contributed by atoms with van der Waals surface area (Å²) in [5, 5.41) is 6.94. The van der Waals surface area contributed by atoms with Crippen LogP contribution in [0.25, 0.3) is 88.1 Å². The molecule has 0 saturated carbocycles. The number of allylic oxidation sites excluding steroid dienone is 4. The lowest BCUT2D eigenvalue weighted by atomic mass is 9.64. The van der Waals surface area contributed by atoms with Crippen LogP contribution < -0.4 is 0 Å². The van der Waals surface area contributed by atoms with E-state index in [1.54, 1.807) is 5.57 Å². The van der Waals surface area contributed by atoms with Gasteiger partial charge in [0.1, 0.15) is 22.3 Å². The van der Waals surface area contributed by atoms with E-state index in [0.717, 1.165) is 67.1 Å². The number of hydrogen-bond donors (Lipinski definition) is 0. The van der Waals surface area contributed by atoms with Crippen LogP contribution in [0.15, 0.2) is 172 Å². The number of aromatic nitrogens is 1. The topological polar surface area (TPSA) is 31.2 Å². The molecule has 3 heteroatoms. The molecule has 7 aromatic carbocycles. The van der Waals surface area contributed by atoms with Gasteiger partial charge in [0.05, 0.1) is 16.6 Å². The molecule has 3 atom stereocenters. The van der Waals surface area contributed by atoms with E-state index in [9.17, 15) is 0 Å². The molecule has 3 heterocycles. The first kappa shape index (κ1) is 30.8. The lowest BCUT2D eigenvalue weighted by Gasteiger charge is -2.39. The van der Waals surface area contributed by atoms with Crippen molar-refractivity contribution in [2.45, 2.75) is 32.1 Å². The number of rotatable bonds is 3. The van der Waals surface area contributed by atoms with Crippen LogP contribution >= 0.6 is 0 Å². The third-order valence-electron chi connectivity index (χ3n) is 12.7. The van der Waals surface area contributed by atoms with Crippen LogP contribution in [0.5, 0.6) is 0 Å². The minimum atomic E-state index is 0.278. The van der Waals surface area contributed by atoms with Crippen molar-refractivity contribution in [1.29, 1.82) is 0 Å². The summed E-state index contributed by atoms with van der Waals surface area (Å²) in [6.07, 6.45) is 5.81. The first-order valence-electron chi connectivity index (χ1n) is 19.5. The maximum absolute atomic E-state index is 6.89. The Balaban J connectivity index is 1.12. The molecule has 0 radical (unpaired) electrons. The summed E-state index contributed by atoms with van der Waals surface area (Å²) >= 11 is 0. The molecule has 3 unspecified atom stereocenters. The molecule has 0 amide bonds. The van der Waals surface area contributed by atoms with Gasteiger partial charge < -0.3 is 13.4 Å². The maximum atomic E-state index is 6.89. The van der Waals surface area contributed by atoms with Gasteiger partial charge in [-0.2, -0.15) is 0 Å². The fraction of sp³-hybridized carbons (Fsp3) is 0.115. The molecule has 3 aromatic heterocycles. The van der Waals surface area contributed by atoms with Gasteiger partial charge in [-0.15, -0.1) is 0 Å².